The molecule has 21 heavy (non-hydrogen) atoms. The predicted octanol–water partition coefficient (Wildman–Crippen LogP) is 3.85. The molecule has 0 radical (unpaired) electrons. The highest BCUT2D eigenvalue weighted by atomic mass is 32.2. The van der Waals surface area contributed by atoms with E-state index < -0.39 is 9.84 Å². The van der Waals surface area contributed by atoms with Gasteiger partial charge in [-0.05, 0) is 37.8 Å². The van der Waals surface area contributed by atoms with Crippen LogP contribution >= 0.6 is 0 Å². The van der Waals surface area contributed by atoms with Crippen molar-refractivity contribution in [3.05, 3.63) is 70.8 Å². The summed E-state index contributed by atoms with van der Waals surface area (Å²) in [5, 5.41) is 0. The first-order valence-corrected chi connectivity index (χ1v) is 9.08. The van der Waals surface area contributed by atoms with E-state index in [1.54, 1.807) is 0 Å². The van der Waals surface area contributed by atoms with Gasteiger partial charge in [-0.2, -0.15) is 0 Å². The van der Waals surface area contributed by atoms with Crippen LogP contribution in [0.2, 0.25) is 0 Å². The topological polar surface area (TPSA) is 34.1 Å². The summed E-state index contributed by atoms with van der Waals surface area (Å²) in [6, 6.07) is 16.0. The highest BCUT2D eigenvalue weighted by Crippen LogP contribution is 2.14. The molecule has 0 saturated heterocycles. The summed E-state index contributed by atoms with van der Waals surface area (Å²) >= 11 is 0. The fourth-order valence-electron chi connectivity index (χ4n) is 2.62. The third kappa shape index (κ3) is 5.35. The second-order valence-corrected chi connectivity index (χ2v) is 7.86. The molecule has 0 unspecified atom stereocenters. The second-order valence-electron chi connectivity index (χ2n) is 5.68. The highest BCUT2D eigenvalue weighted by Gasteiger charge is 2.12. The predicted molar refractivity (Wildman–Crippen MR) is 88.2 cm³/mol. The Morgan fingerprint density at radius 1 is 0.857 bits per heavy atom. The van der Waals surface area contributed by atoms with E-state index in [0.29, 0.717) is 6.42 Å². The van der Waals surface area contributed by atoms with E-state index in [-0.39, 0.29) is 11.5 Å². The van der Waals surface area contributed by atoms with Gasteiger partial charge in [-0.1, -0.05) is 59.7 Å². The Morgan fingerprint density at radius 3 is 2.10 bits per heavy atom. The summed E-state index contributed by atoms with van der Waals surface area (Å²) in [5.74, 6) is 0.388. The number of aryl methyl sites for hydroxylation is 3. The fourth-order valence-corrected chi connectivity index (χ4v) is 4.02. The summed E-state index contributed by atoms with van der Waals surface area (Å²) in [4.78, 5) is 0. The molecule has 2 nitrogen and oxygen atoms in total. The first-order chi connectivity index (χ1) is 9.94. The lowest BCUT2D eigenvalue weighted by atomic mass is 10.1. The zero-order valence-corrected chi connectivity index (χ0v) is 13.5. The Bertz CT molecular complexity index is 668. The molecule has 0 saturated carbocycles. The SMILES string of the molecule is Cc1cc(C)cc(CS(=O)(=O)CCCc2ccccc2)c1. The molecule has 0 heterocycles. The van der Waals surface area contributed by atoms with Crippen molar-refractivity contribution in [2.45, 2.75) is 32.4 Å². The lowest BCUT2D eigenvalue weighted by Crippen LogP contribution is -2.10. The van der Waals surface area contributed by atoms with Gasteiger partial charge in [0.15, 0.2) is 9.84 Å². The Labute approximate surface area is 127 Å². The number of rotatable bonds is 6. The fraction of sp³-hybridized carbons (Fsp3) is 0.333. The summed E-state index contributed by atoms with van der Waals surface area (Å²) < 4.78 is 24.4. The van der Waals surface area contributed by atoms with Gasteiger partial charge in [0, 0.05) is 0 Å². The first kappa shape index (κ1) is 15.8. The minimum Gasteiger partial charge on any atom is -0.228 e. The van der Waals surface area contributed by atoms with Gasteiger partial charge < -0.3 is 0 Å². The zero-order chi connectivity index (χ0) is 15.3. The molecule has 0 amide bonds. The van der Waals surface area contributed by atoms with Crippen LogP contribution in [0.15, 0.2) is 48.5 Å². The maximum Gasteiger partial charge on any atom is 0.154 e. The van der Waals surface area contributed by atoms with Crippen LogP contribution < -0.4 is 0 Å². The van der Waals surface area contributed by atoms with E-state index in [4.69, 9.17) is 0 Å². The summed E-state index contributed by atoms with van der Waals surface area (Å²) in [7, 11) is -3.04. The van der Waals surface area contributed by atoms with Crippen LogP contribution in [0, 0.1) is 13.8 Å². The van der Waals surface area contributed by atoms with E-state index in [1.165, 1.54) is 5.56 Å². The maximum absolute atomic E-state index is 12.2. The van der Waals surface area contributed by atoms with Crippen molar-refractivity contribution in [3.63, 3.8) is 0 Å². The average molecular weight is 302 g/mol. The summed E-state index contributed by atoms with van der Waals surface area (Å²) in [6.07, 6.45) is 1.49. The molecule has 0 N–H and O–H groups in total. The standard InChI is InChI=1S/C18H22O2S/c1-15-11-16(2)13-18(12-15)14-21(19,20)10-6-9-17-7-4-3-5-8-17/h3-5,7-8,11-13H,6,9-10,14H2,1-2H3. The van der Waals surface area contributed by atoms with Crippen molar-refractivity contribution >= 4 is 9.84 Å². The smallest absolute Gasteiger partial charge is 0.154 e. The minimum absolute atomic E-state index is 0.143. The molecule has 0 atom stereocenters. The van der Waals surface area contributed by atoms with Crippen molar-refractivity contribution < 1.29 is 8.42 Å². The molecule has 112 valence electrons. The van der Waals surface area contributed by atoms with Gasteiger partial charge in [-0.25, -0.2) is 8.42 Å². The Balaban J connectivity index is 1.93. The average Bonchev–Trinajstić information content (AvgIpc) is 2.37. The number of hydrogen-bond acceptors (Lipinski definition) is 2. The van der Waals surface area contributed by atoms with E-state index in [9.17, 15) is 8.42 Å². The lowest BCUT2D eigenvalue weighted by molar-refractivity contribution is 0.592. The maximum atomic E-state index is 12.2. The van der Waals surface area contributed by atoms with Gasteiger partial charge in [0.25, 0.3) is 0 Å². The molecule has 0 aliphatic heterocycles. The lowest BCUT2D eigenvalue weighted by Gasteiger charge is -2.07. The molecule has 0 spiro atoms. The van der Waals surface area contributed by atoms with E-state index in [2.05, 4.69) is 6.07 Å². The number of hydrogen-bond donors (Lipinski definition) is 0. The second kappa shape index (κ2) is 6.90. The minimum atomic E-state index is -3.04. The molecule has 2 aromatic carbocycles. The van der Waals surface area contributed by atoms with Crippen molar-refractivity contribution in [3.8, 4) is 0 Å². The number of benzene rings is 2. The van der Waals surface area contributed by atoms with Crippen LogP contribution in [0.4, 0.5) is 0 Å². The Hall–Kier alpha value is -1.61. The number of sulfone groups is 1. The molecule has 0 aliphatic rings. The van der Waals surface area contributed by atoms with Gasteiger partial charge in [0.2, 0.25) is 0 Å². The third-order valence-corrected chi connectivity index (χ3v) is 5.12. The largest absolute Gasteiger partial charge is 0.228 e. The monoisotopic (exact) mass is 302 g/mol. The van der Waals surface area contributed by atoms with E-state index in [1.807, 2.05) is 56.3 Å². The zero-order valence-electron chi connectivity index (χ0n) is 12.7. The van der Waals surface area contributed by atoms with Gasteiger partial charge in [0.05, 0.1) is 11.5 Å². The molecule has 0 fully saturated rings. The Morgan fingerprint density at radius 2 is 1.48 bits per heavy atom. The van der Waals surface area contributed by atoms with Crippen LogP contribution in [-0.2, 0) is 22.0 Å². The molecular weight excluding hydrogens is 280 g/mol. The van der Waals surface area contributed by atoms with Crippen LogP contribution in [0.3, 0.4) is 0 Å². The molecule has 2 aromatic rings. The van der Waals surface area contributed by atoms with Crippen LogP contribution in [0.25, 0.3) is 0 Å². The van der Waals surface area contributed by atoms with Crippen LogP contribution in [0.5, 0.6) is 0 Å². The quantitative estimate of drug-likeness (QED) is 0.812. The van der Waals surface area contributed by atoms with Crippen LogP contribution in [0.1, 0.15) is 28.7 Å². The van der Waals surface area contributed by atoms with Crippen molar-refractivity contribution in [1.29, 1.82) is 0 Å². The van der Waals surface area contributed by atoms with Gasteiger partial charge in [0.1, 0.15) is 0 Å². The van der Waals surface area contributed by atoms with Gasteiger partial charge in [-0.15, -0.1) is 0 Å². The molecule has 0 bridgehead atoms. The van der Waals surface area contributed by atoms with E-state index >= 15 is 0 Å². The molecule has 0 aliphatic carbocycles. The van der Waals surface area contributed by atoms with E-state index in [0.717, 1.165) is 23.1 Å². The molecule has 0 aromatic heterocycles. The Kier molecular flexibility index (Phi) is 5.18. The molecule has 3 heteroatoms. The van der Waals surface area contributed by atoms with Crippen molar-refractivity contribution in [1.82, 2.24) is 0 Å². The molecular formula is C18H22O2S. The highest BCUT2D eigenvalue weighted by molar-refractivity contribution is 7.90. The van der Waals surface area contributed by atoms with Gasteiger partial charge >= 0.3 is 0 Å². The summed E-state index contributed by atoms with van der Waals surface area (Å²) in [6.45, 7) is 4.00. The molecule has 2 rings (SSSR count). The van der Waals surface area contributed by atoms with Crippen molar-refractivity contribution in [2.24, 2.45) is 0 Å². The van der Waals surface area contributed by atoms with Gasteiger partial charge in [-0.3, -0.25) is 0 Å². The summed E-state index contributed by atoms with van der Waals surface area (Å²) in [5.41, 5.74) is 4.32. The van der Waals surface area contributed by atoms with Crippen molar-refractivity contribution in [2.75, 3.05) is 5.75 Å². The third-order valence-electron chi connectivity index (χ3n) is 3.43. The van der Waals surface area contributed by atoms with Crippen LogP contribution in [-0.4, -0.2) is 14.2 Å². The normalized spacial score (nSPS) is 11.5. The first-order valence-electron chi connectivity index (χ1n) is 7.26.